The zero-order valence-corrected chi connectivity index (χ0v) is 13.8. The summed E-state index contributed by atoms with van der Waals surface area (Å²) in [6.45, 7) is 2.53. The number of ether oxygens (including phenoxy) is 1. The molecule has 1 amide bonds. The molecule has 0 saturated carbocycles. The van der Waals surface area contributed by atoms with Crippen molar-refractivity contribution in [1.29, 1.82) is 0 Å². The standard InChI is InChI=1S/C20H19N3O2/c24-20(23-10-12-25-13-11-23)17-8-6-16(7-9-17)19-14-18(21-22-19)15-4-2-1-3-5-15/h1-9,14H,10-13H2,(H,21,22). The van der Waals surface area contributed by atoms with Crippen molar-refractivity contribution in [2.45, 2.75) is 0 Å². The average molecular weight is 333 g/mol. The molecular formula is C20H19N3O2. The number of rotatable bonds is 3. The normalized spacial score (nSPS) is 14.5. The van der Waals surface area contributed by atoms with Gasteiger partial charge in [-0.05, 0) is 23.8 Å². The number of nitrogens with zero attached hydrogens (tertiary/aromatic N) is 2. The molecule has 3 aromatic rings. The van der Waals surface area contributed by atoms with Crippen LogP contribution in [0.3, 0.4) is 0 Å². The maximum atomic E-state index is 12.5. The Hall–Kier alpha value is -2.92. The first-order chi connectivity index (χ1) is 12.3. The highest BCUT2D eigenvalue weighted by Crippen LogP contribution is 2.24. The van der Waals surface area contributed by atoms with E-state index in [0.29, 0.717) is 31.9 Å². The van der Waals surface area contributed by atoms with Gasteiger partial charge in [0, 0.05) is 24.2 Å². The van der Waals surface area contributed by atoms with Crippen molar-refractivity contribution >= 4 is 5.91 Å². The van der Waals surface area contributed by atoms with Gasteiger partial charge in [-0.3, -0.25) is 9.89 Å². The maximum Gasteiger partial charge on any atom is 0.254 e. The first-order valence-electron chi connectivity index (χ1n) is 8.39. The van der Waals surface area contributed by atoms with E-state index in [1.807, 2.05) is 65.6 Å². The molecule has 25 heavy (non-hydrogen) atoms. The molecule has 1 saturated heterocycles. The molecule has 126 valence electrons. The minimum absolute atomic E-state index is 0.0597. The van der Waals surface area contributed by atoms with Crippen LogP contribution in [-0.2, 0) is 4.74 Å². The molecule has 1 N–H and O–H groups in total. The Morgan fingerprint density at radius 1 is 0.960 bits per heavy atom. The van der Waals surface area contributed by atoms with Crippen molar-refractivity contribution in [2.24, 2.45) is 0 Å². The maximum absolute atomic E-state index is 12.5. The van der Waals surface area contributed by atoms with Gasteiger partial charge in [-0.1, -0.05) is 42.5 Å². The van der Waals surface area contributed by atoms with Crippen molar-refractivity contribution in [3.8, 4) is 22.5 Å². The van der Waals surface area contributed by atoms with Gasteiger partial charge in [0.1, 0.15) is 0 Å². The van der Waals surface area contributed by atoms with Crippen molar-refractivity contribution in [2.75, 3.05) is 26.3 Å². The van der Waals surface area contributed by atoms with Crippen molar-refractivity contribution in [1.82, 2.24) is 15.1 Å². The van der Waals surface area contributed by atoms with Crippen molar-refractivity contribution < 1.29 is 9.53 Å². The first kappa shape index (κ1) is 15.6. The van der Waals surface area contributed by atoms with Gasteiger partial charge < -0.3 is 9.64 Å². The number of nitrogens with one attached hydrogen (secondary N) is 1. The van der Waals surface area contributed by atoms with Gasteiger partial charge in [0.15, 0.2) is 0 Å². The fourth-order valence-corrected chi connectivity index (χ4v) is 2.97. The van der Waals surface area contributed by atoms with Crippen LogP contribution < -0.4 is 0 Å². The zero-order chi connectivity index (χ0) is 17.1. The number of morpholine rings is 1. The lowest BCUT2D eigenvalue weighted by atomic mass is 10.1. The van der Waals surface area contributed by atoms with Crippen molar-refractivity contribution in [3.63, 3.8) is 0 Å². The zero-order valence-electron chi connectivity index (χ0n) is 13.8. The number of carbonyl (C=O) groups is 1. The number of carbonyl (C=O) groups excluding carboxylic acids is 1. The summed E-state index contributed by atoms with van der Waals surface area (Å²) in [5.41, 5.74) is 4.62. The molecule has 1 fully saturated rings. The molecule has 0 atom stereocenters. The Morgan fingerprint density at radius 3 is 2.40 bits per heavy atom. The van der Waals surface area contributed by atoms with E-state index in [-0.39, 0.29) is 5.91 Å². The van der Waals surface area contributed by atoms with E-state index < -0.39 is 0 Å². The van der Waals surface area contributed by atoms with E-state index in [1.54, 1.807) is 0 Å². The largest absolute Gasteiger partial charge is 0.378 e. The molecule has 1 aliphatic heterocycles. The molecule has 4 rings (SSSR count). The number of benzene rings is 2. The summed E-state index contributed by atoms with van der Waals surface area (Å²) in [6.07, 6.45) is 0. The van der Waals surface area contributed by atoms with Crippen LogP contribution in [0.25, 0.3) is 22.5 Å². The Morgan fingerprint density at radius 2 is 1.68 bits per heavy atom. The van der Waals surface area contributed by atoms with Gasteiger partial charge in [0.2, 0.25) is 0 Å². The van der Waals surface area contributed by atoms with Gasteiger partial charge in [-0.15, -0.1) is 0 Å². The van der Waals surface area contributed by atoms with Gasteiger partial charge in [0.05, 0.1) is 24.6 Å². The number of aromatic nitrogens is 2. The molecule has 1 aliphatic rings. The van der Waals surface area contributed by atoms with Crippen molar-refractivity contribution in [3.05, 3.63) is 66.2 Å². The molecule has 0 unspecified atom stereocenters. The second-order valence-corrected chi connectivity index (χ2v) is 6.01. The summed E-state index contributed by atoms with van der Waals surface area (Å²) in [6, 6.07) is 19.7. The summed E-state index contributed by atoms with van der Waals surface area (Å²) in [5, 5.41) is 7.45. The van der Waals surface area contributed by atoms with E-state index in [0.717, 1.165) is 22.5 Å². The van der Waals surface area contributed by atoms with Crippen LogP contribution in [0.4, 0.5) is 0 Å². The topological polar surface area (TPSA) is 58.2 Å². The lowest BCUT2D eigenvalue weighted by Crippen LogP contribution is -2.40. The Balaban J connectivity index is 1.52. The molecule has 0 bridgehead atoms. The Labute approximate surface area is 146 Å². The quantitative estimate of drug-likeness (QED) is 0.801. The molecule has 5 heteroatoms. The highest BCUT2D eigenvalue weighted by atomic mass is 16.5. The third-order valence-electron chi connectivity index (χ3n) is 4.39. The van der Waals surface area contributed by atoms with E-state index in [1.165, 1.54) is 0 Å². The summed E-state index contributed by atoms with van der Waals surface area (Å²) in [7, 11) is 0. The molecule has 2 heterocycles. The van der Waals surface area contributed by atoms with E-state index in [9.17, 15) is 4.79 Å². The molecule has 2 aromatic carbocycles. The van der Waals surface area contributed by atoms with E-state index >= 15 is 0 Å². The second-order valence-electron chi connectivity index (χ2n) is 6.01. The first-order valence-corrected chi connectivity index (χ1v) is 8.39. The van der Waals surface area contributed by atoms with Crippen LogP contribution in [0.5, 0.6) is 0 Å². The monoisotopic (exact) mass is 333 g/mol. The smallest absolute Gasteiger partial charge is 0.254 e. The minimum atomic E-state index is 0.0597. The van der Waals surface area contributed by atoms with Crippen LogP contribution in [0.15, 0.2) is 60.7 Å². The third-order valence-corrected chi connectivity index (χ3v) is 4.39. The van der Waals surface area contributed by atoms with Crippen LogP contribution in [0.2, 0.25) is 0 Å². The lowest BCUT2D eigenvalue weighted by Gasteiger charge is -2.26. The van der Waals surface area contributed by atoms with Crippen LogP contribution in [0, 0.1) is 0 Å². The second kappa shape index (κ2) is 6.91. The fourth-order valence-electron chi connectivity index (χ4n) is 2.97. The molecule has 0 aliphatic carbocycles. The number of hydrogen-bond acceptors (Lipinski definition) is 3. The van der Waals surface area contributed by atoms with Gasteiger partial charge in [0.25, 0.3) is 5.91 Å². The van der Waals surface area contributed by atoms with E-state index in [2.05, 4.69) is 10.2 Å². The number of hydrogen-bond donors (Lipinski definition) is 1. The Kier molecular flexibility index (Phi) is 4.31. The fraction of sp³-hybridized carbons (Fsp3) is 0.200. The number of aromatic amines is 1. The highest BCUT2D eigenvalue weighted by Gasteiger charge is 2.18. The predicted octanol–water partition coefficient (Wildman–Crippen LogP) is 3.22. The number of amides is 1. The average Bonchev–Trinajstić information content (AvgIpc) is 3.19. The summed E-state index contributed by atoms with van der Waals surface area (Å²) in [5.74, 6) is 0.0597. The minimum Gasteiger partial charge on any atom is -0.378 e. The lowest BCUT2D eigenvalue weighted by molar-refractivity contribution is 0.0303. The molecule has 0 radical (unpaired) electrons. The SMILES string of the molecule is O=C(c1ccc(-c2cc(-c3ccccc3)n[nH]2)cc1)N1CCOCC1. The predicted molar refractivity (Wildman–Crippen MR) is 96.2 cm³/mol. The highest BCUT2D eigenvalue weighted by molar-refractivity contribution is 5.94. The van der Waals surface area contributed by atoms with Gasteiger partial charge in [-0.25, -0.2) is 0 Å². The van der Waals surface area contributed by atoms with E-state index in [4.69, 9.17) is 4.74 Å². The Bertz CT molecular complexity index is 850. The van der Waals surface area contributed by atoms with Crippen LogP contribution >= 0.6 is 0 Å². The third kappa shape index (κ3) is 3.32. The van der Waals surface area contributed by atoms with Gasteiger partial charge >= 0.3 is 0 Å². The summed E-state index contributed by atoms with van der Waals surface area (Å²) in [4.78, 5) is 14.3. The van der Waals surface area contributed by atoms with Crippen LogP contribution in [-0.4, -0.2) is 47.3 Å². The molecule has 1 aromatic heterocycles. The number of H-pyrrole nitrogens is 1. The van der Waals surface area contributed by atoms with Crippen LogP contribution in [0.1, 0.15) is 10.4 Å². The van der Waals surface area contributed by atoms with Gasteiger partial charge in [-0.2, -0.15) is 5.10 Å². The summed E-state index contributed by atoms with van der Waals surface area (Å²) >= 11 is 0. The molecular weight excluding hydrogens is 314 g/mol. The summed E-state index contributed by atoms with van der Waals surface area (Å²) < 4.78 is 5.30. The molecule has 5 nitrogen and oxygen atoms in total. The molecule has 0 spiro atoms.